The Kier molecular flexibility index (Phi) is 3.26. The second kappa shape index (κ2) is 4.55. The molecule has 4 nitrogen and oxygen atoms in total. The molecule has 0 aliphatic carbocycles. The highest BCUT2D eigenvalue weighted by atomic mass is 16.5. The number of benzene rings is 1. The molecule has 0 radical (unpaired) electrons. The average Bonchev–Trinajstić information content (AvgIpc) is 2.67. The Hall–Kier alpha value is -1.26. The van der Waals surface area contributed by atoms with E-state index in [4.69, 9.17) is 9.47 Å². The van der Waals surface area contributed by atoms with Crippen molar-refractivity contribution in [1.82, 2.24) is 5.32 Å². The normalized spacial score (nSPS) is 18.7. The third-order valence-corrected chi connectivity index (χ3v) is 2.71. The summed E-state index contributed by atoms with van der Waals surface area (Å²) in [5.74, 6) is 1.58. The molecule has 1 heterocycles. The fourth-order valence-electron chi connectivity index (χ4n) is 1.78. The molecule has 1 unspecified atom stereocenters. The number of likely N-dealkylation sites (N-methyl/N-ethyl adjacent to an activating group) is 1. The Morgan fingerprint density at radius 3 is 2.94 bits per heavy atom. The SMILES string of the molecule is CNC1COc2cc(OCC(C)(C)O)ccc21. The predicted octanol–water partition coefficient (Wildman–Crippen LogP) is 1.49. The first-order valence-electron chi connectivity index (χ1n) is 5.79. The van der Waals surface area contributed by atoms with Gasteiger partial charge in [0.1, 0.15) is 24.7 Å². The summed E-state index contributed by atoms with van der Waals surface area (Å²) in [6.45, 7) is 4.35. The standard InChI is InChI=1S/C13H19NO3/c1-13(2,15)8-17-9-4-5-10-11(14-3)7-16-12(10)6-9/h4-6,11,14-15H,7-8H2,1-3H3. The highest BCUT2D eigenvalue weighted by Crippen LogP contribution is 2.35. The summed E-state index contributed by atoms with van der Waals surface area (Å²) >= 11 is 0. The van der Waals surface area contributed by atoms with Gasteiger partial charge in [-0.25, -0.2) is 0 Å². The highest BCUT2D eigenvalue weighted by molar-refractivity contribution is 5.45. The maximum atomic E-state index is 9.59. The van der Waals surface area contributed by atoms with Crippen LogP contribution in [0.5, 0.6) is 11.5 Å². The summed E-state index contributed by atoms with van der Waals surface area (Å²) in [4.78, 5) is 0. The Morgan fingerprint density at radius 1 is 1.53 bits per heavy atom. The summed E-state index contributed by atoms with van der Waals surface area (Å²) in [6, 6.07) is 6.04. The number of hydrogen-bond acceptors (Lipinski definition) is 4. The van der Waals surface area contributed by atoms with Crippen LogP contribution in [0.1, 0.15) is 25.5 Å². The smallest absolute Gasteiger partial charge is 0.127 e. The van der Waals surface area contributed by atoms with Crippen molar-refractivity contribution >= 4 is 0 Å². The molecular weight excluding hydrogens is 218 g/mol. The number of ether oxygens (including phenoxy) is 2. The van der Waals surface area contributed by atoms with Gasteiger partial charge in [-0.15, -0.1) is 0 Å². The van der Waals surface area contributed by atoms with Crippen LogP contribution in [0.2, 0.25) is 0 Å². The number of rotatable bonds is 4. The molecule has 0 spiro atoms. The van der Waals surface area contributed by atoms with Crippen LogP contribution in [-0.2, 0) is 0 Å². The Labute approximate surface area is 102 Å². The molecular formula is C13H19NO3. The molecule has 1 aromatic rings. The lowest BCUT2D eigenvalue weighted by molar-refractivity contribution is 0.0284. The first-order chi connectivity index (χ1) is 7.99. The third-order valence-electron chi connectivity index (χ3n) is 2.71. The van der Waals surface area contributed by atoms with Gasteiger partial charge in [-0.3, -0.25) is 0 Å². The minimum Gasteiger partial charge on any atom is -0.491 e. The minimum atomic E-state index is -0.826. The van der Waals surface area contributed by atoms with Crippen LogP contribution in [0.25, 0.3) is 0 Å². The van der Waals surface area contributed by atoms with E-state index in [0.717, 1.165) is 17.1 Å². The molecule has 0 fully saturated rings. The van der Waals surface area contributed by atoms with Gasteiger partial charge in [-0.05, 0) is 33.0 Å². The average molecular weight is 237 g/mol. The lowest BCUT2D eigenvalue weighted by atomic mass is 10.1. The van der Waals surface area contributed by atoms with Crippen molar-refractivity contribution < 1.29 is 14.6 Å². The summed E-state index contributed by atoms with van der Waals surface area (Å²) < 4.78 is 11.1. The Morgan fingerprint density at radius 2 is 2.29 bits per heavy atom. The van der Waals surface area contributed by atoms with Crippen LogP contribution < -0.4 is 14.8 Å². The van der Waals surface area contributed by atoms with Crippen molar-refractivity contribution in [2.45, 2.75) is 25.5 Å². The molecule has 4 heteroatoms. The van der Waals surface area contributed by atoms with E-state index in [1.165, 1.54) is 0 Å². The lowest BCUT2D eigenvalue weighted by Crippen LogP contribution is -2.27. The maximum Gasteiger partial charge on any atom is 0.127 e. The highest BCUT2D eigenvalue weighted by Gasteiger charge is 2.23. The van der Waals surface area contributed by atoms with Crippen LogP contribution in [0.4, 0.5) is 0 Å². The van der Waals surface area contributed by atoms with Crippen LogP contribution in [0.3, 0.4) is 0 Å². The predicted molar refractivity (Wildman–Crippen MR) is 65.5 cm³/mol. The second-order valence-electron chi connectivity index (χ2n) is 4.95. The molecule has 2 N–H and O–H groups in total. The van der Waals surface area contributed by atoms with Crippen molar-refractivity contribution in [2.75, 3.05) is 20.3 Å². The van der Waals surface area contributed by atoms with Gasteiger partial charge in [-0.2, -0.15) is 0 Å². The van der Waals surface area contributed by atoms with Crippen molar-refractivity contribution in [1.29, 1.82) is 0 Å². The molecule has 0 saturated carbocycles. The second-order valence-corrected chi connectivity index (χ2v) is 4.95. The van der Waals surface area contributed by atoms with Crippen molar-refractivity contribution in [3.63, 3.8) is 0 Å². The zero-order valence-corrected chi connectivity index (χ0v) is 10.5. The third kappa shape index (κ3) is 2.90. The Balaban J connectivity index is 2.08. The quantitative estimate of drug-likeness (QED) is 0.833. The van der Waals surface area contributed by atoms with Crippen molar-refractivity contribution in [3.05, 3.63) is 23.8 Å². The van der Waals surface area contributed by atoms with E-state index in [1.54, 1.807) is 13.8 Å². The van der Waals surface area contributed by atoms with Gasteiger partial charge in [0.15, 0.2) is 0 Å². The molecule has 0 aromatic heterocycles. The van der Waals surface area contributed by atoms with Gasteiger partial charge in [0.25, 0.3) is 0 Å². The summed E-state index contributed by atoms with van der Waals surface area (Å²) in [7, 11) is 1.92. The largest absolute Gasteiger partial charge is 0.491 e. The molecule has 1 atom stereocenters. The molecule has 0 amide bonds. The fraction of sp³-hybridized carbons (Fsp3) is 0.538. The van der Waals surface area contributed by atoms with Gasteiger partial charge in [-0.1, -0.05) is 0 Å². The number of fused-ring (bicyclic) bond motifs is 1. The van der Waals surface area contributed by atoms with E-state index in [1.807, 2.05) is 25.2 Å². The molecule has 0 saturated heterocycles. The van der Waals surface area contributed by atoms with Gasteiger partial charge in [0.05, 0.1) is 11.6 Å². The van der Waals surface area contributed by atoms with E-state index in [9.17, 15) is 5.11 Å². The van der Waals surface area contributed by atoms with Gasteiger partial charge in [0, 0.05) is 11.6 Å². The van der Waals surface area contributed by atoms with Crippen LogP contribution in [0.15, 0.2) is 18.2 Å². The molecule has 1 aliphatic rings. The summed E-state index contributed by atoms with van der Waals surface area (Å²) in [6.07, 6.45) is 0. The number of nitrogens with one attached hydrogen (secondary N) is 1. The molecule has 0 bridgehead atoms. The van der Waals surface area contributed by atoms with Crippen LogP contribution in [-0.4, -0.2) is 31.0 Å². The Bertz CT molecular complexity index is 398. The van der Waals surface area contributed by atoms with Gasteiger partial charge in [0.2, 0.25) is 0 Å². The van der Waals surface area contributed by atoms with E-state index < -0.39 is 5.60 Å². The maximum absolute atomic E-state index is 9.59. The summed E-state index contributed by atoms with van der Waals surface area (Å²) in [5, 5.41) is 12.8. The van der Waals surface area contributed by atoms with E-state index >= 15 is 0 Å². The molecule has 1 aromatic carbocycles. The minimum absolute atomic E-state index is 0.258. The van der Waals surface area contributed by atoms with Crippen molar-refractivity contribution in [2.24, 2.45) is 0 Å². The lowest BCUT2D eigenvalue weighted by Gasteiger charge is -2.18. The first kappa shape index (κ1) is 12.2. The zero-order valence-electron chi connectivity index (χ0n) is 10.5. The number of aliphatic hydroxyl groups is 1. The topological polar surface area (TPSA) is 50.7 Å². The van der Waals surface area contributed by atoms with E-state index in [2.05, 4.69) is 5.32 Å². The van der Waals surface area contributed by atoms with Crippen LogP contribution >= 0.6 is 0 Å². The zero-order chi connectivity index (χ0) is 12.5. The van der Waals surface area contributed by atoms with Crippen molar-refractivity contribution in [3.8, 4) is 11.5 Å². The van der Waals surface area contributed by atoms with E-state index in [-0.39, 0.29) is 12.6 Å². The summed E-state index contributed by atoms with van der Waals surface area (Å²) in [5.41, 5.74) is 0.330. The number of hydrogen-bond donors (Lipinski definition) is 2. The molecule has 2 rings (SSSR count). The molecule has 17 heavy (non-hydrogen) atoms. The first-order valence-corrected chi connectivity index (χ1v) is 5.79. The molecule has 94 valence electrons. The van der Waals surface area contributed by atoms with E-state index in [0.29, 0.717) is 6.61 Å². The van der Waals surface area contributed by atoms with Crippen LogP contribution in [0, 0.1) is 0 Å². The van der Waals surface area contributed by atoms with Gasteiger partial charge < -0.3 is 19.9 Å². The van der Waals surface area contributed by atoms with Gasteiger partial charge >= 0.3 is 0 Å². The molecule has 1 aliphatic heterocycles. The monoisotopic (exact) mass is 237 g/mol. The fourth-order valence-corrected chi connectivity index (χ4v) is 1.78.